The molecule has 1 fully saturated rings. The van der Waals surface area contributed by atoms with Gasteiger partial charge in [0.15, 0.2) is 5.78 Å². The molecule has 2 rings (SSSR count). The number of rotatable bonds is 5. The van der Waals surface area contributed by atoms with E-state index in [9.17, 15) is 4.79 Å². The van der Waals surface area contributed by atoms with Gasteiger partial charge in [-0.1, -0.05) is 30.3 Å². The largest absolute Gasteiger partial charge is 0.305 e. The zero-order chi connectivity index (χ0) is 13.7. The summed E-state index contributed by atoms with van der Waals surface area (Å²) >= 11 is 0. The minimum atomic E-state index is 0.307. The quantitative estimate of drug-likeness (QED) is 0.807. The Bertz CT molecular complexity index is 404. The lowest BCUT2D eigenvalue weighted by molar-refractivity contribution is -0.120. The van der Waals surface area contributed by atoms with Gasteiger partial charge in [-0.05, 0) is 39.0 Å². The van der Waals surface area contributed by atoms with E-state index in [2.05, 4.69) is 23.9 Å². The van der Waals surface area contributed by atoms with Crippen molar-refractivity contribution in [2.45, 2.75) is 25.3 Å². The van der Waals surface area contributed by atoms with E-state index in [-0.39, 0.29) is 0 Å². The fourth-order valence-electron chi connectivity index (χ4n) is 2.79. The van der Waals surface area contributed by atoms with Crippen molar-refractivity contribution in [1.82, 2.24) is 9.80 Å². The molecule has 1 aromatic rings. The van der Waals surface area contributed by atoms with Gasteiger partial charge in [-0.3, -0.25) is 9.69 Å². The first kappa shape index (κ1) is 14.2. The molecule has 0 spiro atoms. The summed E-state index contributed by atoms with van der Waals surface area (Å²) in [5.74, 6) is 0.307. The lowest BCUT2D eigenvalue weighted by atomic mass is 10.0. The number of carbonyl (C=O) groups is 1. The van der Waals surface area contributed by atoms with Gasteiger partial charge in [-0.25, -0.2) is 0 Å². The number of ketones is 1. The molecule has 1 aliphatic rings. The molecule has 1 aliphatic heterocycles. The zero-order valence-electron chi connectivity index (χ0n) is 12.0. The first-order valence-corrected chi connectivity index (χ1v) is 7.09. The molecule has 3 nitrogen and oxygen atoms in total. The second-order valence-corrected chi connectivity index (χ2v) is 5.67. The predicted molar refractivity (Wildman–Crippen MR) is 78.3 cm³/mol. The third-order valence-corrected chi connectivity index (χ3v) is 3.89. The Morgan fingerprint density at radius 3 is 2.79 bits per heavy atom. The summed E-state index contributed by atoms with van der Waals surface area (Å²) in [6.45, 7) is 2.82. The summed E-state index contributed by atoms with van der Waals surface area (Å²) in [6, 6.07) is 10.5. The smallest absolute Gasteiger partial charge is 0.151 e. The number of likely N-dealkylation sites (tertiary alicyclic amines) is 1. The molecule has 0 aromatic heterocycles. The van der Waals surface area contributed by atoms with Crippen molar-refractivity contribution in [2.75, 3.05) is 33.7 Å². The minimum absolute atomic E-state index is 0.307. The molecule has 1 atom stereocenters. The van der Waals surface area contributed by atoms with Gasteiger partial charge in [-0.2, -0.15) is 0 Å². The van der Waals surface area contributed by atoms with Gasteiger partial charge < -0.3 is 4.90 Å². The average molecular weight is 260 g/mol. The molecule has 1 aromatic carbocycles. The second kappa shape index (κ2) is 6.83. The van der Waals surface area contributed by atoms with Gasteiger partial charge in [0.1, 0.15) is 0 Å². The fourth-order valence-corrected chi connectivity index (χ4v) is 2.79. The third kappa shape index (κ3) is 4.44. The van der Waals surface area contributed by atoms with E-state index in [0.29, 0.717) is 24.8 Å². The number of nitrogens with zero attached hydrogens (tertiary/aromatic N) is 2. The SMILES string of the molecule is CN1CCCC(N(C)CC(=O)Cc2ccccc2)C1. The molecule has 0 amide bonds. The van der Waals surface area contributed by atoms with Crippen LogP contribution in [0.15, 0.2) is 30.3 Å². The van der Waals surface area contributed by atoms with E-state index in [0.717, 1.165) is 12.1 Å². The summed E-state index contributed by atoms with van der Waals surface area (Å²) in [5, 5.41) is 0. The summed E-state index contributed by atoms with van der Waals surface area (Å²) in [4.78, 5) is 16.7. The Morgan fingerprint density at radius 2 is 2.11 bits per heavy atom. The standard InChI is InChI=1S/C16H24N2O/c1-17-10-6-9-15(12-17)18(2)13-16(19)11-14-7-4-3-5-8-14/h3-5,7-8,15H,6,9-13H2,1-2H3. The van der Waals surface area contributed by atoms with Crippen molar-refractivity contribution < 1.29 is 4.79 Å². The van der Waals surface area contributed by atoms with Crippen LogP contribution < -0.4 is 0 Å². The number of hydrogen-bond donors (Lipinski definition) is 0. The van der Waals surface area contributed by atoms with Crippen molar-refractivity contribution in [2.24, 2.45) is 0 Å². The van der Waals surface area contributed by atoms with E-state index in [1.165, 1.54) is 19.4 Å². The van der Waals surface area contributed by atoms with E-state index < -0.39 is 0 Å². The zero-order valence-corrected chi connectivity index (χ0v) is 12.0. The Balaban J connectivity index is 1.81. The summed E-state index contributed by atoms with van der Waals surface area (Å²) in [6.07, 6.45) is 2.99. The maximum absolute atomic E-state index is 12.1. The summed E-state index contributed by atoms with van der Waals surface area (Å²) in [5.41, 5.74) is 1.11. The monoisotopic (exact) mass is 260 g/mol. The van der Waals surface area contributed by atoms with E-state index in [1.807, 2.05) is 30.3 Å². The topological polar surface area (TPSA) is 23.6 Å². The average Bonchev–Trinajstić information content (AvgIpc) is 2.39. The van der Waals surface area contributed by atoms with Gasteiger partial charge in [0, 0.05) is 19.0 Å². The van der Waals surface area contributed by atoms with E-state index >= 15 is 0 Å². The normalized spacial score (nSPS) is 20.7. The van der Waals surface area contributed by atoms with E-state index in [4.69, 9.17) is 0 Å². The van der Waals surface area contributed by atoms with Gasteiger partial charge in [0.2, 0.25) is 0 Å². The van der Waals surface area contributed by atoms with Gasteiger partial charge >= 0.3 is 0 Å². The van der Waals surface area contributed by atoms with Crippen LogP contribution in [0, 0.1) is 0 Å². The molecule has 0 aliphatic carbocycles. The number of Topliss-reactive ketones (excluding diaryl/α,β-unsaturated/α-hetero) is 1. The number of hydrogen-bond acceptors (Lipinski definition) is 3. The molecule has 0 radical (unpaired) electrons. The molecule has 1 heterocycles. The Morgan fingerprint density at radius 1 is 1.37 bits per heavy atom. The Kier molecular flexibility index (Phi) is 5.11. The van der Waals surface area contributed by atoms with Crippen LogP contribution in [0.4, 0.5) is 0 Å². The maximum atomic E-state index is 12.1. The van der Waals surface area contributed by atoms with Crippen LogP contribution in [-0.2, 0) is 11.2 Å². The van der Waals surface area contributed by atoms with Crippen molar-refractivity contribution in [3.63, 3.8) is 0 Å². The predicted octanol–water partition coefficient (Wildman–Crippen LogP) is 1.82. The van der Waals surface area contributed by atoms with Crippen LogP contribution in [0.1, 0.15) is 18.4 Å². The molecule has 3 heteroatoms. The third-order valence-electron chi connectivity index (χ3n) is 3.89. The molecular weight excluding hydrogens is 236 g/mol. The summed E-state index contributed by atoms with van der Waals surface area (Å²) < 4.78 is 0. The number of carbonyl (C=O) groups excluding carboxylic acids is 1. The highest BCUT2D eigenvalue weighted by Crippen LogP contribution is 2.13. The van der Waals surface area contributed by atoms with Crippen molar-refractivity contribution in [1.29, 1.82) is 0 Å². The van der Waals surface area contributed by atoms with Crippen molar-refractivity contribution >= 4 is 5.78 Å². The fraction of sp³-hybridized carbons (Fsp3) is 0.562. The molecule has 104 valence electrons. The van der Waals surface area contributed by atoms with Crippen LogP contribution in [-0.4, -0.2) is 55.4 Å². The van der Waals surface area contributed by atoms with Crippen LogP contribution in [0.3, 0.4) is 0 Å². The molecular formula is C16H24N2O. The van der Waals surface area contributed by atoms with Crippen molar-refractivity contribution in [3.05, 3.63) is 35.9 Å². The minimum Gasteiger partial charge on any atom is -0.305 e. The number of piperidine rings is 1. The van der Waals surface area contributed by atoms with Crippen LogP contribution >= 0.6 is 0 Å². The highest BCUT2D eigenvalue weighted by molar-refractivity contribution is 5.82. The molecule has 1 saturated heterocycles. The molecule has 0 bridgehead atoms. The molecule has 0 saturated carbocycles. The molecule has 0 N–H and O–H groups in total. The van der Waals surface area contributed by atoms with Gasteiger partial charge in [0.05, 0.1) is 6.54 Å². The van der Waals surface area contributed by atoms with Crippen LogP contribution in [0.2, 0.25) is 0 Å². The molecule has 1 unspecified atom stereocenters. The lowest BCUT2D eigenvalue weighted by Gasteiger charge is -2.35. The van der Waals surface area contributed by atoms with Crippen LogP contribution in [0.25, 0.3) is 0 Å². The Labute approximate surface area is 116 Å². The first-order chi connectivity index (χ1) is 9.15. The lowest BCUT2D eigenvalue weighted by Crippen LogP contribution is -2.46. The van der Waals surface area contributed by atoms with Gasteiger partial charge in [0.25, 0.3) is 0 Å². The van der Waals surface area contributed by atoms with Crippen molar-refractivity contribution in [3.8, 4) is 0 Å². The van der Waals surface area contributed by atoms with E-state index in [1.54, 1.807) is 0 Å². The Hall–Kier alpha value is -1.19. The van der Waals surface area contributed by atoms with Gasteiger partial charge in [-0.15, -0.1) is 0 Å². The van der Waals surface area contributed by atoms with Crippen LogP contribution in [0.5, 0.6) is 0 Å². The number of likely N-dealkylation sites (N-methyl/N-ethyl adjacent to an activating group) is 2. The number of benzene rings is 1. The highest BCUT2D eigenvalue weighted by atomic mass is 16.1. The second-order valence-electron chi connectivity index (χ2n) is 5.67. The summed E-state index contributed by atoms with van der Waals surface area (Å²) in [7, 11) is 4.23. The molecule has 19 heavy (non-hydrogen) atoms. The maximum Gasteiger partial charge on any atom is 0.151 e. The first-order valence-electron chi connectivity index (χ1n) is 7.09. The highest BCUT2D eigenvalue weighted by Gasteiger charge is 2.22.